The molecule has 0 aromatic heterocycles. The number of rotatable bonds is 6. The number of hydrogen-bond donors (Lipinski definition) is 1. The van der Waals surface area contributed by atoms with Crippen molar-refractivity contribution in [3.8, 4) is 0 Å². The van der Waals surface area contributed by atoms with Gasteiger partial charge >= 0.3 is 0 Å². The van der Waals surface area contributed by atoms with Crippen LogP contribution in [0.5, 0.6) is 0 Å². The summed E-state index contributed by atoms with van der Waals surface area (Å²) in [5.74, 6) is 0.738. The van der Waals surface area contributed by atoms with Gasteiger partial charge < -0.3 is 10.1 Å². The van der Waals surface area contributed by atoms with E-state index >= 15 is 0 Å². The Morgan fingerprint density at radius 1 is 1.29 bits per heavy atom. The summed E-state index contributed by atoms with van der Waals surface area (Å²) in [6.45, 7) is 7.72. The molecule has 0 radical (unpaired) electrons. The molecule has 0 amide bonds. The largest absolute Gasteiger partial charge is 0.377 e. The summed E-state index contributed by atoms with van der Waals surface area (Å²) >= 11 is 0. The van der Waals surface area contributed by atoms with Crippen molar-refractivity contribution in [3.05, 3.63) is 0 Å². The molecule has 0 aromatic carbocycles. The first-order valence-electron chi connectivity index (χ1n) is 6.17. The van der Waals surface area contributed by atoms with Gasteiger partial charge in [-0.25, -0.2) is 0 Å². The molecular formula is C12H25NO. The fraction of sp³-hybridized carbons (Fsp3) is 1.00. The lowest BCUT2D eigenvalue weighted by Gasteiger charge is -2.29. The predicted molar refractivity (Wildman–Crippen MR) is 60.5 cm³/mol. The highest BCUT2D eigenvalue weighted by molar-refractivity contribution is 4.75. The van der Waals surface area contributed by atoms with Crippen LogP contribution in [0.2, 0.25) is 0 Å². The van der Waals surface area contributed by atoms with Gasteiger partial charge in [0.15, 0.2) is 0 Å². The zero-order valence-electron chi connectivity index (χ0n) is 9.72. The highest BCUT2D eigenvalue weighted by Crippen LogP contribution is 2.15. The smallest absolute Gasteiger partial charge is 0.0725 e. The lowest BCUT2D eigenvalue weighted by molar-refractivity contribution is 0.00239. The van der Waals surface area contributed by atoms with Crippen LogP contribution >= 0.6 is 0 Å². The van der Waals surface area contributed by atoms with Gasteiger partial charge in [-0.05, 0) is 25.3 Å². The predicted octanol–water partition coefficient (Wildman–Crippen LogP) is 2.58. The molecule has 2 heteroatoms. The maximum atomic E-state index is 5.88. The first-order valence-corrected chi connectivity index (χ1v) is 6.17. The van der Waals surface area contributed by atoms with E-state index in [1.54, 1.807) is 0 Å². The molecule has 1 rings (SSSR count). The van der Waals surface area contributed by atoms with Crippen molar-refractivity contribution in [3.63, 3.8) is 0 Å². The van der Waals surface area contributed by atoms with Crippen LogP contribution in [0.1, 0.15) is 46.0 Å². The lowest BCUT2D eigenvalue weighted by Crippen LogP contribution is -2.41. The molecule has 0 aliphatic carbocycles. The molecule has 0 spiro atoms. The van der Waals surface area contributed by atoms with E-state index in [0.717, 1.165) is 25.6 Å². The van der Waals surface area contributed by atoms with Gasteiger partial charge in [-0.15, -0.1) is 0 Å². The van der Waals surface area contributed by atoms with Gasteiger partial charge in [-0.1, -0.05) is 33.1 Å². The van der Waals surface area contributed by atoms with E-state index in [0.29, 0.717) is 6.10 Å². The van der Waals surface area contributed by atoms with E-state index in [2.05, 4.69) is 19.2 Å². The van der Waals surface area contributed by atoms with Crippen molar-refractivity contribution >= 4 is 0 Å². The maximum absolute atomic E-state index is 5.88. The van der Waals surface area contributed by atoms with E-state index in [9.17, 15) is 0 Å². The Balaban J connectivity index is 1.99. The minimum absolute atomic E-state index is 0.463. The standard InChI is InChI=1S/C12H25NO/c1-3-4-5-6-9-14-12-10-13-8-7-11(12)2/h11-13H,3-10H2,1-2H3. The Bertz CT molecular complexity index is 138. The summed E-state index contributed by atoms with van der Waals surface area (Å²) in [7, 11) is 0. The van der Waals surface area contributed by atoms with Crippen LogP contribution in [-0.4, -0.2) is 25.8 Å². The average molecular weight is 199 g/mol. The molecule has 1 heterocycles. The second-order valence-corrected chi connectivity index (χ2v) is 4.44. The van der Waals surface area contributed by atoms with Crippen LogP contribution in [0.4, 0.5) is 0 Å². The van der Waals surface area contributed by atoms with Crippen LogP contribution in [0.25, 0.3) is 0 Å². The van der Waals surface area contributed by atoms with E-state index in [1.807, 2.05) is 0 Å². The highest BCUT2D eigenvalue weighted by atomic mass is 16.5. The van der Waals surface area contributed by atoms with E-state index < -0.39 is 0 Å². The number of nitrogens with one attached hydrogen (secondary N) is 1. The third-order valence-corrected chi connectivity index (χ3v) is 3.09. The molecule has 1 saturated heterocycles. The second-order valence-electron chi connectivity index (χ2n) is 4.44. The molecule has 2 nitrogen and oxygen atoms in total. The zero-order valence-corrected chi connectivity index (χ0v) is 9.72. The third kappa shape index (κ3) is 4.43. The Kier molecular flexibility index (Phi) is 6.20. The first-order chi connectivity index (χ1) is 6.84. The SMILES string of the molecule is CCCCCCOC1CNCCC1C. The summed E-state index contributed by atoms with van der Waals surface area (Å²) in [5.41, 5.74) is 0. The van der Waals surface area contributed by atoms with E-state index in [4.69, 9.17) is 4.74 Å². The molecule has 0 aromatic rings. The number of ether oxygens (including phenoxy) is 1. The molecule has 1 aliphatic rings. The fourth-order valence-corrected chi connectivity index (χ4v) is 1.95. The molecule has 14 heavy (non-hydrogen) atoms. The van der Waals surface area contributed by atoms with Crippen molar-refractivity contribution in [2.75, 3.05) is 19.7 Å². The molecule has 0 bridgehead atoms. The monoisotopic (exact) mass is 199 g/mol. The van der Waals surface area contributed by atoms with E-state index in [1.165, 1.54) is 32.1 Å². The summed E-state index contributed by atoms with van der Waals surface area (Å²) in [6, 6.07) is 0. The van der Waals surface area contributed by atoms with Gasteiger partial charge in [0.05, 0.1) is 6.10 Å². The molecule has 1 fully saturated rings. The molecular weight excluding hydrogens is 174 g/mol. The molecule has 1 aliphatic heterocycles. The topological polar surface area (TPSA) is 21.3 Å². The zero-order chi connectivity index (χ0) is 10.2. The number of hydrogen-bond acceptors (Lipinski definition) is 2. The fourth-order valence-electron chi connectivity index (χ4n) is 1.95. The average Bonchev–Trinajstić information content (AvgIpc) is 2.20. The van der Waals surface area contributed by atoms with Gasteiger partial charge in [0.25, 0.3) is 0 Å². The Morgan fingerprint density at radius 3 is 2.86 bits per heavy atom. The van der Waals surface area contributed by atoms with E-state index in [-0.39, 0.29) is 0 Å². The van der Waals surface area contributed by atoms with Crippen LogP contribution in [0.15, 0.2) is 0 Å². The first kappa shape index (κ1) is 12.0. The number of piperidine rings is 1. The van der Waals surface area contributed by atoms with Crippen molar-refractivity contribution in [2.45, 2.75) is 52.1 Å². The summed E-state index contributed by atoms with van der Waals surface area (Å²) in [4.78, 5) is 0. The maximum Gasteiger partial charge on any atom is 0.0725 e. The quantitative estimate of drug-likeness (QED) is 0.664. The lowest BCUT2D eigenvalue weighted by atomic mass is 9.97. The minimum atomic E-state index is 0.463. The van der Waals surface area contributed by atoms with Crippen molar-refractivity contribution in [1.82, 2.24) is 5.32 Å². The molecule has 2 atom stereocenters. The summed E-state index contributed by atoms with van der Waals surface area (Å²) < 4.78 is 5.88. The van der Waals surface area contributed by atoms with Crippen LogP contribution in [0.3, 0.4) is 0 Å². The van der Waals surface area contributed by atoms with Gasteiger partial charge in [0.1, 0.15) is 0 Å². The van der Waals surface area contributed by atoms with Gasteiger partial charge in [0.2, 0.25) is 0 Å². The minimum Gasteiger partial charge on any atom is -0.377 e. The van der Waals surface area contributed by atoms with Crippen LogP contribution < -0.4 is 5.32 Å². The van der Waals surface area contributed by atoms with Gasteiger partial charge in [-0.2, -0.15) is 0 Å². The van der Waals surface area contributed by atoms with Crippen LogP contribution in [0, 0.1) is 5.92 Å². The molecule has 1 N–H and O–H groups in total. The Labute approximate surface area is 88.4 Å². The second kappa shape index (κ2) is 7.24. The normalized spacial score (nSPS) is 27.9. The number of unbranched alkanes of at least 4 members (excludes halogenated alkanes) is 3. The van der Waals surface area contributed by atoms with Crippen molar-refractivity contribution in [1.29, 1.82) is 0 Å². The Morgan fingerprint density at radius 2 is 2.14 bits per heavy atom. The molecule has 2 unspecified atom stereocenters. The van der Waals surface area contributed by atoms with Crippen molar-refractivity contribution in [2.24, 2.45) is 5.92 Å². The van der Waals surface area contributed by atoms with Crippen molar-refractivity contribution < 1.29 is 4.74 Å². The molecule has 0 saturated carbocycles. The van der Waals surface area contributed by atoms with Gasteiger partial charge in [-0.3, -0.25) is 0 Å². The van der Waals surface area contributed by atoms with Crippen LogP contribution in [-0.2, 0) is 4.74 Å². The third-order valence-electron chi connectivity index (χ3n) is 3.09. The molecule has 84 valence electrons. The summed E-state index contributed by atoms with van der Waals surface area (Å²) in [5, 5.41) is 3.39. The summed E-state index contributed by atoms with van der Waals surface area (Å²) in [6.07, 6.45) is 6.94. The van der Waals surface area contributed by atoms with Gasteiger partial charge in [0, 0.05) is 13.2 Å². The highest BCUT2D eigenvalue weighted by Gasteiger charge is 2.20. The Hall–Kier alpha value is -0.0800.